The Balaban J connectivity index is 1.31. The standard InChI is InChI=1S/C38H59O7/c1-21(2)24-12-17-38(33(42)45-26-20-43-22(3)31(40)32(26)41)19-18-36(8)25(30(24)38)10-11-28-35(7)15-14-29(44-23(4)39)34(5,6)27(35)13-16-37(28,36)9/h20,22,24-32,40-41H,1,10-19H2,2-9H3/t22-,24-,25+,26-,27-,28?,29-,30+,31-,32-,35-,36+,37+,38-/m0/s1. The average Bonchev–Trinajstić information content (AvgIpc) is 3.36. The molecule has 0 aromatic rings. The van der Waals surface area contributed by atoms with Crippen LogP contribution in [0.3, 0.4) is 0 Å². The fraction of sp³-hybridized carbons (Fsp3) is 0.868. The van der Waals surface area contributed by atoms with E-state index < -0.39 is 29.8 Å². The number of fused-ring (bicyclic) bond motifs is 7. The van der Waals surface area contributed by atoms with Gasteiger partial charge in [0.15, 0.2) is 6.10 Å². The molecule has 0 amide bonds. The highest BCUT2D eigenvalue weighted by atomic mass is 16.6. The predicted octanol–water partition coefficient (Wildman–Crippen LogP) is 6.79. The second-order valence-corrected chi connectivity index (χ2v) is 17.6. The molecule has 1 saturated heterocycles. The molecule has 6 rings (SSSR count). The van der Waals surface area contributed by atoms with Gasteiger partial charge in [0.1, 0.15) is 24.9 Å². The van der Waals surface area contributed by atoms with Gasteiger partial charge in [0, 0.05) is 12.3 Å². The van der Waals surface area contributed by atoms with Crippen molar-refractivity contribution in [2.45, 2.75) is 150 Å². The number of ether oxygens (including phenoxy) is 3. The maximum Gasteiger partial charge on any atom is 0.312 e. The number of hydrogen-bond acceptors (Lipinski definition) is 7. The molecule has 7 heteroatoms. The molecule has 5 aliphatic carbocycles. The van der Waals surface area contributed by atoms with Crippen molar-refractivity contribution < 1.29 is 34.0 Å². The molecule has 0 bridgehead atoms. The van der Waals surface area contributed by atoms with Gasteiger partial charge in [0.25, 0.3) is 0 Å². The number of esters is 2. The van der Waals surface area contributed by atoms with Crippen LogP contribution in [0.2, 0.25) is 0 Å². The number of aliphatic hydroxyl groups excluding tert-OH is 2. The van der Waals surface area contributed by atoms with Gasteiger partial charge in [-0.25, -0.2) is 0 Å². The number of hydrogen-bond donors (Lipinski definition) is 2. The van der Waals surface area contributed by atoms with Crippen LogP contribution < -0.4 is 0 Å². The minimum absolute atomic E-state index is 0.0323. The number of carbonyl (C=O) groups excluding carboxylic acids is 2. The highest BCUT2D eigenvalue weighted by Gasteiger charge is 2.72. The second kappa shape index (κ2) is 11.1. The minimum Gasteiger partial charge on any atom is -0.462 e. The zero-order valence-electron chi connectivity index (χ0n) is 29.1. The quantitative estimate of drug-likeness (QED) is 0.261. The molecule has 253 valence electrons. The molecule has 45 heavy (non-hydrogen) atoms. The molecular formula is C38H59O7. The van der Waals surface area contributed by atoms with Crippen molar-refractivity contribution in [3.05, 3.63) is 18.8 Å². The minimum atomic E-state index is -1.20. The van der Waals surface area contributed by atoms with E-state index in [0.29, 0.717) is 17.8 Å². The van der Waals surface area contributed by atoms with Crippen LogP contribution in [-0.2, 0) is 23.8 Å². The Morgan fingerprint density at radius 1 is 0.822 bits per heavy atom. The molecule has 0 aromatic carbocycles. The summed E-state index contributed by atoms with van der Waals surface area (Å²) in [6, 6.07) is 0. The van der Waals surface area contributed by atoms with E-state index in [-0.39, 0.29) is 51.5 Å². The SMILES string of the molecule is C=C(C)[C@@H]1CC[C@]2(C(=O)O[C@H]3[CH]O[C@@H](C)[C@H](O)[C@H]3O)CC[C@]3(C)[C@H](CCC4[C@@]5(C)CC[C@H](OC(C)=O)C(C)(C)[C@@H]5CC[C@]43C)[C@@H]12. The van der Waals surface area contributed by atoms with Gasteiger partial charge < -0.3 is 24.4 Å². The molecule has 1 radical (unpaired) electrons. The molecule has 1 heterocycles. The van der Waals surface area contributed by atoms with E-state index in [2.05, 4.69) is 48.1 Å². The first kappa shape index (κ1) is 33.5. The van der Waals surface area contributed by atoms with E-state index in [0.717, 1.165) is 69.8 Å². The Bertz CT molecular complexity index is 1210. The lowest BCUT2D eigenvalue weighted by Gasteiger charge is -2.72. The zero-order chi connectivity index (χ0) is 32.9. The molecule has 14 atom stereocenters. The number of allylic oxidation sites excluding steroid dienone is 1. The first-order valence-electron chi connectivity index (χ1n) is 17.8. The van der Waals surface area contributed by atoms with Crippen LogP contribution >= 0.6 is 0 Å². The van der Waals surface area contributed by atoms with Crippen molar-refractivity contribution in [2.24, 2.45) is 56.7 Å². The van der Waals surface area contributed by atoms with Crippen molar-refractivity contribution in [1.82, 2.24) is 0 Å². The summed E-state index contributed by atoms with van der Waals surface area (Å²) in [5.41, 5.74) is 0.829. The monoisotopic (exact) mass is 627 g/mol. The summed E-state index contributed by atoms with van der Waals surface area (Å²) in [7, 11) is 0. The van der Waals surface area contributed by atoms with Crippen LogP contribution in [-0.4, -0.2) is 52.7 Å². The van der Waals surface area contributed by atoms with Gasteiger partial charge in [0.05, 0.1) is 11.5 Å². The summed E-state index contributed by atoms with van der Waals surface area (Å²) in [5, 5.41) is 21.2. The van der Waals surface area contributed by atoms with E-state index >= 15 is 0 Å². The molecule has 2 N–H and O–H groups in total. The van der Waals surface area contributed by atoms with Gasteiger partial charge in [-0.15, -0.1) is 0 Å². The largest absolute Gasteiger partial charge is 0.462 e. The normalized spacial score (nSPS) is 52.0. The molecule has 6 fully saturated rings. The van der Waals surface area contributed by atoms with Gasteiger partial charge in [0.2, 0.25) is 0 Å². The van der Waals surface area contributed by atoms with Crippen LogP contribution in [0.5, 0.6) is 0 Å². The maximum atomic E-state index is 14.4. The van der Waals surface area contributed by atoms with E-state index in [1.165, 1.54) is 13.5 Å². The Kier molecular flexibility index (Phi) is 8.22. The summed E-state index contributed by atoms with van der Waals surface area (Å²) >= 11 is 0. The summed E-state index contributed by atoms with van der Waals surface area (Å²) in [6.07, 6.45) is 6.11. The van der Waals surface area contributed by atoms with Crippen LogP contribution in [0.4, 0.5) is 0 Å². The number of carbonyl (C=O) groups is 2. The van der Waals surface area contributed by atoms with Crippen molar-refractivity contribution in [2.75, 3.05) is 0 Å². The fourth-order valence-corrected chi connectivity index (χ4v) is 13.1. The zero-order valence-corrected chi connectivity index (χ0v) is 29.1. The van der Waals surface area contributed by atoms with Crippen LogP contribution in [0, 0.1) is 63.3 Å². The third-order valence-electron chi connectivity index (χ3n) is 15.6. The van der Waals surface area contributed by atoms with E-state index in [1.54, 1.807) is 6.92 Å². The maximum absolute atomic E-state index is 14.4. The summed E-state index contributed by atoms with van der Waals surface area (Å²) in [5.74, 6) is 1.42. The van der Waals surface area contributed by atoms with Gasteiger partial charge in [-0.3, -0.25) is 9.59 Å². The Morgan fingerprint density at radius 2 is 1.53 bits per heavy atom. The van der Waals surface area contributed by atoms with Crippen LogP contribution in [0.1, 0.15) is 120 Å². The van der Waals surface area contributed by atoms with Gasteiger partial charge >= 0.3 is 11.9 Å². The molecule has 7 nitrogen and oxygen atoms in total. The van der Waals surface area contributed by atoms with E-state index in [9.17, 15) is 19.8 Å². The van der Waals surface area contributed by atoms with Gasteiger partial charge in [-0.1, -0.05) is 46.8 Å². The Morgan fingerprint density at radius 3 is 2.20 bits per heavy atom. The highest BCUT2D eigenvalue weighted by molar-refractivity contribution is 5.78. The molecule has 1 unspecified atom stereocenters. The number of aliphatic hydroxyl groups is 2. The predicted molar refractivity (Wildman–Crippen MR) is 171 cm³/mol. The lowest BCUT2D eigenvalue weighted by molar-refractivity contribution is -0.252. The summed E-state index contributed by atoms with van der Waals surface area (Å²) < 4.78 is 17.6. The van der Waals surface area contributed by atoms with Crippen molar-refractivity contribution in [3.8, 4) is 0 Å². The lowest BCUT2D eigenvalue weighted by Crippen LogP contribution is -2.67. The third kappa shape index (κ3) is 4.66. The molecular weight excluding hydrogens is 568 g/mol. The molecule has 0 aromatic heterocycles. The van der Waals surface area contributed by atoms with Crippen molar-refractivity contribution in [1.29, 1.82) is 0 Å². The van der Waals surface area contributed by atoms with Gasteiger partial charge in [-0.2, -0.15) is 0 Å². The van der Waals surface area contributed by atoms with Crippen LogP contribution in [0.25, 0.3) is 0 Å². The Labute approximate surface area is 271 Å². The smallest absolute Gasteiger partial charge is 0.312 e. The molecule has 6 aliphatic rings. The van der Waals surface area contributed by atoms with Crippen molar-refractivity contribution >= 4 is 11.9 Å². The van der Waals surface area contributed by atoms with Gasteiger partial charge in [-0.05, 0) is 124 Å². The van der Waals surface area contributed by atoms with Crippen molar-refractivity contribution in [3.63, 3.8) is 0 Å². The molecule has 5 saturated carbocycles. The third-order valence-corrected chi connectivity index (χ3v) is 15.6. The topological polar surface area (TPSA) is 102 Å². The highest BCUT2D eigenvalue weighted by Crippen LogP contribution is 2.77. The van der Waals surface area contributed by atoms with E-state index in [4.69, 9.17) is 14.2 Å². The Hall–Kier alpha value is -1.44. The molecule has 0 spiro atoms. The summed E-state index contributed by atoms with van der Waals surface area (Å²) in [6.45, 7) is 23.6. The average molecular weight is 628 g/mol. The fourth-order valence-electron chi connectivity index (χ4n) is 13.1. The number of rotatable bonds is 4. The second-order valence-electron chi connectivity index (χ2n) is 17.6. The lowest BCUT2D eigenvalue weighted by atomic mass is 9.32. The summed E-state index contributed by atoms with van der Waals surface area (Å²) in [4.78, 5) is 26.4. The van der Waals surface area contributed by atoms with E-state index in [1.807, 2.05) is 0 Å². The first-order chi connectivity index (χ1) is 20.9. The molecule has 1 aliphatic heterocycles. The van der Waals surface area contributed by atoms with Crippen LogP contribution in [0.15, 0.2) is 12.2 Å². The first-order valence-corrected chi connectivity index (χ1v) is 17.8.